The highest BCUT2D eigenvalue weighted by Gasteiger charge is 2.42. The van der Waals surface area contributed by atoms with Crippen LogP contribution in [0.4, 0.5) is 5.69 Å². The van der Waals surface area contributed by atoms with E-state index in [9.17, 15) is 9.59 Å². The second kappa shape index (κ2) is 6.42. The summed E-state index contributed by atoms with van der Waals surface area (Å²) >= 11 is 6.89. The van der Waals surface area contributed by atoms with Gasteiger partial charge in [-0.2, -0.15) is 0 Å². The lowest BCUT2D eigenvalue weighted by Crippen LogP contribution is -2.37. The smallest absolute Gasteiger partial charge is 0.336 e. The maximum Gasteiger partial charge on any atom is 0.336 e. The highest BCUT2D eigenvalue weighted by atomic mass is 79.9. The van der Waals surface area contributed by atoms with E-state index in [1.54, 1.807) is 4.90 Å². The zero-order valence-corrected chi connectivity index (χ0v) is 16.2. The summed E-state index contributed by atoms with van der Waals surface area (Å²) in [6, 6.07) is 15.2. The Kier molecular flexibility index (Phi) is 4.25. The van der Waals surface area contributed by atoms with Crippen LogP contribution in [0.15, 0.2) is 68.7 Å². The number of ether oxygens (including phenoxy) is 1. The number of benzene rings is 2. The van der Waals surface area contributed by atoms with E-state index in [-0.39, 0.29) is 30.8 Å². The summed E-state index contributed by atoms with van der Waals surface area (Å²) in [7, 11) is 0. The molecule has 0 saturated heterocycles. The van der Waals surface area contributed by atoms with Crippen LogP contribution in [0.25, 0.3) is 0 Å². The van der Waals surface area contributed by atoms with Crippen molar-refractivity contribution in [3.05, 3.63) is 74.3 Å². The Bertz CT molecular complexity index is 922. The number of esters is 1. The SMILES string of the molecule is O=C1OCC2=C1[C@@H](c1cccc(Br)c1)CC(=O)N2c1cccc(Br)c1. The van der Waals surface area contributed by atoms with Crippen LogP contribution in [-0.4, -0.2) is 18.5 Å². The molecule has 0 bridgehead atoms. The minimum atomic E-state index is -0.340. The molecule has 0 unspecified atom stereocenters. The van der Waals surface area contributed by atoms with Gasteiger partial charge in [-0.3, -0.25) is 9.69 Å². The largest absolute Gasteiger partial charge is 0.456 e. The van der Waals surface area contributed by atoms with Gasteiger partial charge < -0.3 is 4.74 Å². The molecule has 0 aliphatic carbocycles. The maximum atomic E-state index is 12.9. The summed E-state index contributed by atoms with van der Waals surface area (Å²) < 4.78 is 7.07. The van der Waals surface area contributed by atoms with E-state index in [0.717, 1.165) is 20.2 Å². The molecule has 0 fully saturated rings. The number of halogens is 2. The minimum absolute atomic E-state index is 0.0416. The van der Waals surface area contributed by atoms with Gasteiger partial charge in [0.15, 0.2) is 0 Å². The van der Waals surface area contributed by atoms with Gasteiger partial charge in [-0.25, -0.2) is 4.79 Å². The second-order valence-corrected chi connectivity index (χ2v) is 7.79. The molecule has 0 radical (unpaired) electrons. The number of amides is 1. The topological polar surface area (TPSA) is 46.6 Å². The lowest BCUT2D eigenvalue weighted by molar-refractivity contribution is -0.136. The fraction of sp³-hybridized carbons (Fsp3) is 0.158. The van der Waals surface area contributed by atoms with E-state index in [1.807, 2.05) is 48.5 Å². The number of rotatable bonds is 2. The minimum Gasteiger partial charge on any atom is -0.456 e. The molecule has 2 aromatic rings. The van der Waals surface area contributed by atoms with E-state index in [0.29, 0.717) is 11.3 Å². The van der Waals surface area contributed by atoms with Crippen molar-refractivity contribution in [2.24, 2.45) is 0 Å². The Hall–Kier alpha value is -1.92. The van der Waals surface area contributed by atoms with Crippen molar-refractivity contribution in [3.63, 3.8) is 0 Å². The first-order chi connectivity index (χ1) is 12.0. The number of hydrogen-bond acceptors (Lipinski definition) is 3. The third-order valence-corrected chi connectivity index (χ3v) is 5.42. The lowest BCUT2D eigenvalue weighted by Gasteiger charge is -2.32. The number of cyclic esters (lactones) is 1. The van der Waals surface area contributed by atoms with E-state index in [1.165, 1.54) is 0 Å². The Labute approximate surface area is 161 Å². The molecule has 0 spiro atoms. The normalized spacial score (nSPS) is 19.9. The van der Waals surface area contributed by atoms with E-state index in [2.05, 4.69) is 31.9 Å². The van der Waals surface area contributed by atoms with Crippen LogP contribution in [0.1, 0.15) is 17.9 Å². The standard InChI is InChI=1S/C19H13Br2NO3/c20-12-4-1-3-11(7-12)15-9-17(23)22(14-6-2-5-13(21)8-14)16-10-25-19(24)18(15)16/h1-8,15H,9-10H2/t15-/m1/s1. The van der Waals surface area contributed by atoms with E-state index >= 15 is 0 Å². The molecule has 4 nitrogen and oxygen atoms in total. The van der Waals surface area contributed by atoms with Crippen molar-refractivity contribution < 1.29 is 14.3 Å². The van der Waals surface area contributed by atoms with Crippen molar-refractivity contribution in [2.45, 2.75) is 12.3 Å². The second-order valence-electron chi connectivity index (χ2n) is 5.96. The first kappa shape index (κ1) is 16.5. The molecular formula is C19H13Br2NO3. The highest BCUT2D eigenvalue weighted by Crippen LogP contribution is 2.42. The van der Waals surface area contributed by atoms with Gasteiger partial charge in [-0.15, -0.1) is 0 Å². The van der Waals surface area contributed by atoms with Crippen LogP contribution < -0.4 is 4.90 Å². The highest BCUT2D eigenvalue weighted by molar-refractivity contribution is 9.10. The zero-order chi connectivity index (χ0) is 17.6. The van der Waals surface area contributed by atoms with E-state index < -0.39 is 0 Å². The first-order valence-corrected chi connectivity index (χ1v) is 9.37. The van der Waals surface area contributed by atoms with Crippen LogP contribution in [0, 0.1) is 0 Å². The number of hydrogen-bond donors (Lipinski definition) is 0. The van der Waals surface area contributed by atoms with Gasteiger partial charge in [0, 0.05) is 27.0 Å². The zero-order valence-electron chi connectivity index (χ0n) is 13.0. The third-order valence-electron chi connectivity index (χ3n) is 4.43. The molecule has 4 rings (SSSR count). The molecule has 2 aromatic carbocycles. The maximum absolute atomic E-state index is 12.9. The number of carbonyl (C=O) groups is 2. The van der Waals surface area contributed by atoms with Crippen molar-refractivity contribution in [1.82, 2.24) is 0 Å². The third kappa shape index (κ3) is 2.93. The van der Waals surface area contributed by atoms with Gasteiger partial charge in [-0.1, -0.05) is 50.1 Å². The fourth-order valence-corrected chi connectivity index (χ4v) is 4.18. The van der Waals surface area contributed by atoms with Crippen molar-refractivity contribution >= 4 is 49.4 Å². The van der Waals surface area contributed by atoms with Crippen LogP contribution >= 0.6 is 31.9 Å². The number of nitrogens with zero attached hydrogens (tertiary/aromatic N) is 1. The average molecular weight is 463 g/mol. The predicted molar refractivity (Wildman–Crippen MR) is 101 cm³/mol. The van der Waals surface area contributed by atoms with Crippen LogP contribution in [0.2, 0.25) is 0 Å². The predicted octanol–water partition coefficient (Wildman–Crippen LogP) is 4.54. The van der Waals surface area contributed by atoms with Crippen molar-refractivity contribution in [1.29, 1.82) is 0 Å². The monoisotopic (exact) mass is 461 g/mol. The molecule has 1 amide bonds. The summed E-state index contributed by atoms with van der Waals surface area (Å²) in [5, 5.41) is 0. The fourth-order valence-electron chi connectivity index (χ4n) is 3.38. The molecule has 2 aliphatic rings. The summed E-state index contributed by atoms with van der Waals surface area (Å²) in [5.74, 6) is -0.661. The lowest BCUT2D eigenvalue weighted by atomic mass is 9.84. The average Bonchev–Trinajstić information content (AvgIpc) is 2.96. The van der Waals surface area contributed by atoms with Gasteiger partial charge in [0.1, 0.15) is 6.61 Å². The van der Waals surface area contributed by atoms with Crippen LogP contribution in [-0.2, 0) is 14.3 Å². The molecule has 0 N–H and O–H groups in total. The van der Waals surface area contributed by atoms with Gasteiger partial charge in [0.2, 0.25) is 5.91 Å². The Morgan fingerprint density at radius 2 is 1.72 bits per heavy atom. The Morgan fingerprint density at radius 1 is 1.00 bits per heavy atom. The van der Waals surface area contributed by atoms with Gasteiger partial charge in [0.25, 0.3) is 0 Å². The van der Waals surface area contributed by atoms with Gasteiger partial charge in [0.05, 0.1) is 11.3 Å². The van der Waals surface area contributed by atoms with Gasteiger partial charge >= 0.3 is 5.97 Å². The van der Waals surface area contributed by atoms with Crippen molar-refractivity contribution in [2.75, 3.05) is 11.5 Å². The molecule has 0 aromatic heterocycles. The molecular weight excluding hydrogens is 450 g/mol. The van der Waals surface area contributed by atoms with Crippen molar-refractivity contribution in [3.8, 4) is 0 Å². The molecule has 0 saturated carbocycles. The number of carbonyl (C=O) groups excluding carboxylic acids is 2. The molecule has 1 atom stereocenters. The van der Waals surface area contributed by atoms with Gasteiger partial charge in [-0.05, 0) is 35.9 Å². The van der Waals surface area contributed by atoms with E-state index in [4.69, 9.17) is 4.74 Å². The Balaban J connectivity index is 1.84. The van der Waals surface area contributed by atoms with Crippen LogP contribution in [0.3, 0.4) is 0 Å². The summed E-state index contributed by atoms with van der Waals surface area (Å²) in [5.41, 5.74) is 2.89. The first-order valence-electron chi connectivity index (χ1n) is 7.79. The Morgan fingerprint density at radius 3 is 2.44 bits per heavy atom. The van der Waals surface area contributed by atoms with Crippen LogP contribution in [0.5, 0.6) is 0 Å². The number of anilines is 1. The molecule has 2 heterocycles. The molecule has 6 heteroatoms. The summed E-state index contributed by atoms with van der Waals surface area (Å²) in [6.07, 6.45) is 0.233. The molecule has 25 heavy (non-hydrogen) atoms. The molecule has 126 valence electrons. The molecule has 2 aliphatic heterocycles. The quantitative estimate of drug-likeness (QED) is 0.615. The summed E-state index contributed by atoms with van der Waals surface area (Å²) in [6.45, 7) is 0.122. The summed E-state index contributed by atoms with van der Waals surface area (Å²) in [4.78, 5) is 26.9.